The number of aliphatic hydroxyl groups is 1. The molecule has 1 fully saturated rings. The lowest BCUT2D eigenvalue weighted by molar-refractivity contribution is -0.0123. The van der Waals surface area contributed by atoms with Crippen molar-refractivity contribution in [3.63, 3.8) is 0 Å². The molecule has 1 aromatic rings. The number of hydrogen-bond acceptors (Lipinski definition) is 7. The summed E-state index contributed by atoms with van der Waals surface area (Å²) in [7, 11) is -1.80. The lowest BCUT2D eigenvalue weighted by Crippen LogP contribution is -2.50. The van der Waals surface area contributed by atoms with Crippen LogP contribution in [0.5, 0.6) is 5.75 Å². The normalized spacial score (nSPS) is 24.1. The standard InChI is InChI=1S/C30H50N4O7S/c1-21-18-34(22(2)20-35)29(36)26-17-25(32-42(5,38)39)14-15-27(26)41-23(3)11-9-10-16-40-28(21)19-33(4)30(37)31-24-12-7-6-8-13-24/h14-15,17,21-24,28,32,35H,6-13,16,18-20H2,1-5H3,(H,31,37)/t21-,22+,23+,28-/m1/s1. The Kier molecular flexibility index (Phi) is 12.7. The van der Waals surface area contributed by atoms with Crippen LogP contribution in [0.4, 0.5) is 10.5 Å². The summed E-state index contributed by atoms with van der Waals surface area (Å²) in [5.74, 6) is -0.211. The molecule has 0 unspecified atom stereocenters. The molecule has 3 amide bonds. The summed E-state index contributed by atoms with van der Waals surface area (Å²) in [4.78, 5) is 30.3. The minimum absolute atomic E-state index is 0.125. The van der Waals surface area contributed by atoms with E-state index in [0.717, 1.165) is 51.2 Å². The Morgan fingerprint density at radius 2 is 1.83 bits per heavy atom. The number of amides is 3. The summed E-state index contributed by atoms with van der Waals surface area (Å²) < 4.78 is 38.8. The fourth-order valence-corrected chi connectivity index (χ4v) is 6.10. The van der Waals surface area contributed by atoms with Crippen LogP contribution < -0.4 is 14.8 Å². The first-order chi connectivity index (χ1) is 19.9. The third kappa shape index (κ3) is 10.3. The molecule has 2 aliphatic rings. The smallest absolute Gasteiger partial charge is 0.317 e. The van der Waals surface area contributed by atoms with Gasteiger partial charge in [-0.3, -0.25) is 9.52 Å². The van der Waals surface area contributed by atoms with E-state index in [2.05, 4.69) is 10.0 Å². The molecule has 0 aromatic heterocycles. The van der Waals surface area contributed by atoms with Gasteiger partial charge in [-0.2, -0.15) is 0 Å². The van der Waals surface area contributed by atoms with Gasteiger partial charge in [0, 0.05) is 44.4 Å². The highest BCUT2D eigenvalue weighted by Crippen LogP contribution is 2.29. The zero-order valence-corrected chi connectivity index (χ0v) is 26.6. The Morgan fingerprint density at radius 3 is 2.50 bits per heavy atom. The second-order valence-electron chi connectivity index (χ2n) is 12.0. The fourth-order valence-electron chi connectivity index (χ4n) is 5.55. The monoisotopic (exact) mass is 610 g/mol. The molecule has 1 aliphatic carbocycles. The fraction of sp³-hybridized carbons (Fsp3) is 0.733. The van der Waals surface area contributed by atoms with Crippen molar-refractivity contribution in [2.75, 3.05) is 44.3 Å². The molecule has 1 heterocycles. The van der Waals surface area contributed by atoms with E-state index in [9.17, 15) is 23.1 Å². The summed E-state index contributed by atoms with van der Waals surface area (Å²) in [5, 5.41) is 13.2. The van der Waals surface area contributed by atoms with Crippen LogP contribution >= 0.6 is 0 Å². The Labute approximate surface area is 251 Å². The number of likely N-dealkylation sites (N-methyl/N-ethyl adjacent to an activating group) is 1. The van der Waals surface area contributed by atoms with Gasteiger partial charge >= 0.3 is 6.03 Å². The van der Waals surface area contributed by atoms with Crippen molar-refractivity contribution in [3.8, 4) is 5.75 Å². The maximum absolute atomic E-state index is 14.1. The van der Waals surface area contributed by atoms with E-state index in [1.54, 1.807) is 35.9 Å². The Morgan fingerprint density at radius 1 is 1.14 bits per heavy atom. The van der Waals surface area contributed by atoms with Gasteiger partial charge in [0.1, 0.15) is 5.75 Å². The lowest BCUT2D eigenvalue weighted by Gasteiger charge is -2.36. The van der Waals surface area contributed by atoms with Crippen molar-refractivity contribution in [1.29, 1.82) is 0 Å². The molecule has 1 saturated carbocycles. The zero-order chi connectivity index (χ0) is 30.9. The highest BCUT2D eigenvalue weighted by Gasteiger charge is 2.31. The van der Waals surface area contributed by atoms with Gasteiger partial charge in [0.05, 0.1) is 36.7 Å². The molecule has 0 saturated heterocycles. The summed E-state index contributed by atoms with van der Waals surface area (Å²) in [6, 6.07) is 4.21. The SMILES string of the molecule is C[C@@H]1CN([C@@H](C)CO)C(=O)c2cc(NS(C)(=O)=O)ccc2O[C@@H](C)CCCCO[C@@H]1CN(C)C(=O)NC1CCCCC1. The third-order valence-electron chi connectivity index (χ3n) is 8.09. The predicted octanol–water partition coefficient (Wildman–Crippen LogP) is 3.83. The number of urea groups is 1. The van der Waals surface area contributed by atoms with E-state index in [4.69, 9.17) is 9.47 Å². The summed E-state index contributed by atoms with van der Waals surface area (Å²) in [5.41, 5.74) is 0.458. The number of benzene rings is 1. The van der Waals surface area contributed by atoms with Gasteiger partial charge in [-0.15, -0.1) is 0 Å². The van der Waals surface area contributed by atoms with Crippen LogP contribution in [0.15, 0.2) is 18.2 Å². The number of aliphatic hydroxyl groups excluding tert-OH is 1. The summed E-state index contributed by atoms with van der Waals surface area (Å²) >= 11 is 0. The molecular weight excluding hydrogens is 560 g/mol. The average molecular weight is 611 g/mol. The number of carbonyl (C=O) groups is 2. The number of anilines is 1. The van der Waals surface area contributed by atoms with Crippen molar-refractivity contribution in [2.45, 2.75) is 96.4 Å². The van der Waals surface area contributed by atoms with Crippen molar-refractivity contribution in [1.82, 2.24) is 15.1 Å². The van der Waals surface area contributed by atoms with Crippen LogP contribution in [-0.2, 0) is 14.8 Å². The first-order valence-electron chi connectivity index (χ1n) is 15.2. The van der Waals surface area contributed by atoms with Gasteiger partial charge in [-0.1, -0.05) is 26.2 Å². The molecule has 3 rings (SSSR count). The highest BCUT2D eigenvalue weighted by molar-refractivity contribution is 7.92. The number of carbonyl (C=O) groups excluding carboxylic acids is 2. The van der Waals surface area contributed by atoms with Crippen LogP contribution in [-0.4, -0.2) is 99.2 Å². The molecule has 0 spiro atoms. The minimum Gasteiger partial charge on any atom is -0.490 e. The summed E-state index contributed by atoms with van der Waals surface area (Å²) in [6.07, 6.45) is 8.38. The maximum Gasteiger partial charge on any atom is 0.317 e. The molecule has 0 radical (unpaired) electrons. The van der Waals surface area contributed by atoms with Crippen molar-refractivity contribution in [2.24, 2.45) is 5.92 Å². The number of sulfonamides is 1. The van der Waals surface area contributed by atoms with Gasteiger partial charge < -0.3 is 29.7 Å². The van der Waals surface area contributed by atoms with Gasteiger partial charge in [-0.25, -0.2) is 13.2 Å². The second-order valence-corrected chi connectivity index (χ2v) is 13.8. The Hall–Kier alpha value is -2.57. The van der Waals surface area contributed by atoms with Crippen LogP contribution in [0.1, 0.15) is 82.5 Å². The van der Waals surface area contributed by atoms with Gasteiger partial charge in [0.25, 0.3) is 5.91 Å². The van der Waals surface area contributed by atoms with Crippen LogP contribution in [0.25, 0.3) is 0 Å². The van der Waals surface area contributed by atoms with E-state index < -0.39 is 16.1 Å². The minimum atomic E-state index is -3.57. The average Bonchev–Trinajstić information content (AvgIpc) is 2.94. The lowest BCUT2D eigenvalue weighted by atomic mass is 9.96. The molecule has 1 aliphatic heterocycles. The van der Waals surface area contributed by atoms with Gasteiger partial charge in [0.2, 0.25) is 10.0 Å². The first kappa shape index (κ1) is 33.9. The molecule has 11 nitrogen and oxygen atoms in total. The number of nitrogens with one attached hydrogen (secondary N) is 2. The van der Waals surface area contributed by atoms with Crippen molar-refractivity contribution >= 4 is 27.6 Å². The Balaban J connectivity index is 1.88. The van der Waals surface area contributed by atoms with Crippen LogP contribution in [0.2, 0.25) is 0 Å². The number of fused-ring (bicyclic) bond motifs is 1. The van der Waals surface area contributed by atoms with E-state index in [1.165, 1.54) is 12.5 Å². The quantitative estimate of drug-likeness (QED) is 0.427. The molecule has 0 bridgehead atoms. The largest absolute Gasteiger partial charge is 0.490 e. The maximum atomic E-state index is 14.1. The van der Waals surface area contributed by atoms with E-state index in [-0.39, 0.29) is 60.5 Å². The summed E-state index contributed by atoms with van der Waals surface area (Å²) in [6.45, 7) is 6.53. The van der Waals surface area contributed by atoms with Crippen molar-refractivity contribution in [3.05, 3.63) is 23.8 Å². The molecular formula is C30H50N4O7S. The zero-order valence-electron chi connectivity index (χ0n) is 25.8. The number of rotatable bonds is 7. The highest BCUT2D eigenvalue weighted by atomic mass is 32.2. The van der Waals surface area contributed by atoms with Crippen LogP contribution in [0.3, 0.4) is 0 Å². The van der Waals surface area contributed by atoms with Crippen molar-refractivity contribution < 1.29 is 32.6 Å². The third-order valence-corrected chi connectivity index (χ3v) is 8.69. The van der Waals surface area contributed by atoms with Crippen LogP contribution in [0, 0.1) is 5.92 Å². The second kappa shape index (κ2) is 15.8. The van der Waals surface area contributed by atoms with Gasteiger partial charge in [0.15, 0.2) is 0 Å². The topological polar surface area (TPSA) is 138 Å². The first-order valence-corrected chi connectivity index (χ1v) is 17.1. The number of hydrogen-bond donors (Lipinski definition) is 3. The van der Waals surface area contributed by atoms with E-state index >= 15 is 0 Å². The Bertz CT molecular complexity index is 1140. The molecule has 12 heteroatoms. The molecule has 1 aromatic carbocycles. The predicted molar refractivity (Wildman–Crippen MR) is 163 cm³/mol. The molecule has 238 valence electrons. The molecule has 3 N–H and O–H groups in total. The molecule has 42 heavy (non-hydrogen) atoms. The number of nitrogens with zero attached hydrogens (tertiary/aromatic N) is 2. The molecule has 4 atom stereocenters. The van der Waals surface area contributed by atoms with Gasteiger partial charge in [-0.05, 0) is 64.2 Å². The van der Waals surface area contributed by atoms with E-state index in [0.29, 0.717) is 18.9 Å². The van der Waals surface area contributed by atoms with E-state index in [1.807, 2.05) is 13.8 Å². The number of ether oxygens (including phenoxy) is 2.